The van der Waals surface area contributed by atoms with E-state index in [1.807, 2.05) is 48.0 Å². The monoisotopic (exact) mass is 305 g/mol. The lowest BCUT2D eigenvalue weighted by molar-refractivity contribution is 0.413. The molecule has 1 atom stereocenters. The van der Waals surface area contributed by atoms with Crippen LogP contribution in [0, 0.1) is 0 Å². The molecule has 1 heterocycles. The first kappa shape index (κ1) is 15.9. The Hall–Kier alpha value is -1.46. The number of hydrogen-bond acceptors (Lipinski definition) is 4. The van der Waals surface area contributed by atoms with Crippen molar-refractivity contribution in [1.82, 2.24) is 15.1 Å². The molecule has 0 aliphatic heterocycles. The summed E-state index contributed by atoms with van der Waals surface area (Å²) in [7, 11) is 3.65. The Morgan fingerprint density at radius 1 is 1.43 bits per heavy atom. The average Bonchev–Trinajstić information content (AvgIpc) is 2.93. The van der Waals surface area contributed by atoms with Crippen LogP contribution in [0.2, 0.25) is 0 Å². The van der Waals surface area contributed by atoms with Crippen LogP contribution in [-0.2, 0) is 7.05 Å². The van der Waals surface area contributed by atoms with Gasteiger partial charge >= 0.3 is 0 Å². The molecule has 0 amide bonds. The van der Waals surface area contributed by atoms with Crippen molar-refractivity contribution in [2.24, 2.45) is 7.05 Å². The summed E-state index contributed by atoms with van der Waals surface area (Å²) in [6.45, 7) is 3.19. The Kier molecular flexibility index (Phi) is 6.14. The summed E-state index contributed by atoms with van der Waals surface area (Å²) >= 11 is 1.82. The Morgan fingerprint density at radius 2 is 2.29 bits per heavy atom. The summed E-state index contributed by atoms with van der Waals surface area (Å²) in [5.74, 6) is 1.88. The SMILES string of the molecule is CCCNC(CSc1cnn(C)c1)c1cccc(OC)c1. The second-order valence-electron chi connectivity index (χ2n) is 4.94. The molecule has 2 rings (SSSR count). The first-order chi connectivity index (χ1) is 10.2. The molecule has 1 unspecified atom stereocenters. The van der Waals surface area contributed by atoms with Crippen LogP contribution in [0.1, 0.15) is 24.9 Å². The highest BCUT2D eigenvalue weighted by molar-refractivity contribution is 7.99. The van der Waals surface area contributed by atoms with Crippen molar-refractivity contribution >= 4 is 11.8 Å². The van der Waals surface area contributed by atoms with E-state index < -0.39 is 0 Å². The van der Waals surface area contributed by atoms with Crippen LogP contribution in [-0.4, -0.2) is 29.2 Å². The average molecular weight is 305 g/mol. The van der Waals surface area contributed by atoms with E-state index in [4.69, 9.17) is 4.74 Å². The van der Waals surface area contributed by atoms with Gasteiger partial charge in [-0.1, -0.05) is 19.1 Å². The number of nitrogens with zero attached hydrogens (tertiary/aromatic N) is 2. The maximum absolute atomic E-state index is 5.33. The summed E-state index contributed by atoms with van der Waals surface area (Å²) in [5, 5.41) is 7.82. The van der Waals surface area contributed by atoms with Gasteiger partial charge in [-0.2, -0.15) is 5.10 Å². The van der Waals surface area contributed by atoms with Gasteiger partial charge in [0.1, 0.15) is 5.75 Å². The lowest BCUT2D eigenvalue weighted by Crippen LogP contribution is -2.24. The predicted molar refractivity (Wildman–Crippen MR) is 88.0 cm³/mol. The first-order valence-corrected chi connectivity index (χ1v) is 8.20. The highest BCUT2D eigenvalue weighted by Crippen LogP contribution is 2.26. The van der Waals surface area contributed by atoms with Crippen molar-refractivity contribution in [1.29, 1.82) is 0 Å². The molecule has 0 saturated heterocycles. The topological polar surface area (TPSA) is 39.1 Å². The molecule has 0 radical (unpaired) electrons. The molecule has 0 spiro atoms. The fourth-order valence-corrected chi connectivity index (χ4v) is 3.12. The molecule has 0 aliphatic carbocycles. The maximum Gasteiger partial charge on any atom is 0.119 e. The van der Waals surface area contributed by atoms with Gasteiger partial charge in [-0.25, -0.2) is 0 Å². The molecule has 21 heavy (non-hydrogen) atoms. The largest absolute Gasteiger partial charge is 0.497 e. The fourth-order valence-electron chi connectivity index (χ4n) is 2.10. The molecule has 0 saturated carbocycles. The van der Waals surface area contributed by atoms with Crippen molar-refractivity contribution in [2.45, 2.75) is 24.3 Å². The molecular weight excluding hydrogens is 282 g/mol. The number of benzene rings is 1. The summed E-state index contributed by atoms with van der Waals surface area (Å²) in [4.78, 5) is 1.20. The van der Waals surface area contributed by atoms with E-state index in [1.165, 1.54) is 10.5 Å². The molecule has 0 aliphatic rings. The highest BCUT2D eigenvalue weighted by Gasteiger charge is 2.12. The van der Waals surface area contributed by atoms with Crippen LogP contribution >= 0.6 is 11.8 Å². The van der Waals surface area contributed by atoms with Gasteiger partial charge < -0.3 is 10.1 Å². The number of methoxy groups -OCH3 is 1. The third-order valence-electron chi connectivity index (χ3n) is 3.23. The van der Waals surface area contributed by atoms with E-state index in [9.17, 15) is 0 Å². The van der Waals surface area contributed by atoms with Gasteiger partial charge in [-0.15, -0.1) is 11.8 Å². The highest BCUT2D eigenvalue weighted by atomic mass is 32.2. The van der Waals surface area contributed by atoms with Crippen LogP contribution < -0.4 is 10.1 Å². The van der Waals surface area contributed by atoms with E-state index in [2.05, 4.69) is 29.5 Å². The molecule has 1 aromatic carbocycles. The number of aromatic nitrogens is 2. The Labute approximate surface area is 130 Å². The van der Waals surface area contributed by atoms with Gasteiger partial charge in [-0.3, -0.25) is 4.68 Å². The smallest absolute Gasteiger partial charge is 0.119 e. The molecular formula is C16H23N3OS. The number of ether oxygens (including phenoxy) is 1. The molecule has 1 aromatic heterocycles. The molecule has 2 aromatic rings. The maximum atomic E-state index is 5.33. The second-order valence-corrected chi connectivity index (χ2v) is 6.04. The van der Waals surface area contributed by atoms with Crippen molar-refractivity contribution in [3.8, 4) is 5.75 Å². The van der Waals surface area contributed by atoms with Crippen molar-refractivity contribution in [3.05, 3.63) is 42.2 Å². The number of aryl methyl sites for hydroxylation is 1. The van der Waals surface area contributed by atoms with Gasteiger partial charge in [0, 0.05) is 29.9 Å². The van der Waals surface area contributed by atoms with Crippen LogP contribution in [0.25, 0.3) is 0 Å². The molecule has 114 valence electrons. The molecule has 5 heteroatoms. The number of rotatable bonds is 8. The van der Waals surface area contributed by atoms with E-state index >= 15 is 0 Å². The minimum absolute atomic E-state index is 0.310. The molecule has 0 bridgehead atoms. The normalized spacial score (nSPS) is 12.3. The summed E-state index contributed by atoms with van der Waals surface area (Å²) < 4.78 is 7.16. The summed E-state index contributed by atoms with van der Waals surface area (Å²) in [6, 6.07) is 8.60. The predicted octanol–water partition coefficient (Wildman–Crippen LogP) is 3.26. The molecule has 1 N–H and O–H groups in total. The van der Waals surface area contributed by atoms with Crippen molar-refractivity contribution in [2.75, 3.05) is 19.4 Å². The Bertz CT molecular complexity index is 556. The van der Waals surface area contributed by atoms with E-state index in [-0.39, 0.29) is 0 Å². The van der Waals surface area contributed by atoms with Crippen molar-refractivity contribution in [3.63, 3.8) is 0 Å². The first-order valence-electron chi connectivity index (χ1n) is 7.21. The van der Waals surface area contributed by atoms with Gasteiger partial charge in [0.15, 0.2) is 0 Å². The zero-order valence-corrected chi connectivity index (χ0v) is 13.7. The lowest BCUT2D eigenvalue weighted by atomic mass is 10.1. The zero-order valence-electron chi connectivity index (χ0n) is 12.9. The Balaban J connectivity index is 2.05. The van der Waals surface area contributed by atoms with Gasteiger partial charge in [0.2, 0.25) is 0 Å². The lowest BCUT2D eigenvalue weighted by Gasteiger charge is -2.19. The summed E-state index contributed by atoms with van der Waals surface area (Å²) in [6.07, 6.45) is 5.08. The number of nitrogens with one attached hydrogen (secondary N) is 1. The molecule has 0 fully saturated rings. The Morgan fingerprint density at radius 3 is 2.95 bits per heavy atom. The third-order valence-corrected chi connectivity index (χ3v) is 4.28. The van der Waals surface area contributed by atoms with Crippen LogP contribution in [0.3, 0.4) is 0 Å². The third kappa shape index (κ3) is 4.79. The van der Waals surface area contributed by atoms with Crippen LogP contribution in [0.4, 0.5) is 0 Å². The van der Waals surface area contributed by atoms with E-state index in [0.717, 1.165) is 24.5 Å². The summed E-state index contributed by atoms with van der Waals surface area (Å²) in [5.41, 5.74) is 1.26. The minimum Gasteiger partial charge on any atom is -0.497 e. The quantitative estimate of drug-likeness (QED) is 0.760. The van der Waals surface area contributed by atoms with E-state index in [0.29, 0.717) is 6.04 Å². The van der Waals surface area contributed by atoms with Gasteiger partial charge in [0.05, 0.1) is 13.3 Å². The van der Waals surface area contributed by atoms with Crippen LogP contribution in [0.5, 0.6) is 5.75 Å². The zero-order chi connectivity index (χ0) is 15.1. The second kappa shape index (κ2) is 8.10. The molecule has 4 nitrogen and oxygen atoms in total. The van der Waals surface area contributed by atoms with Gasteiger partial charge in [0.25, 0.3) is 0 Å². The fraction of sp³-hybridized carbons (Fsp3) is 0.438. The van der Waals surface area contributed by atoms with E-state index in [1.54, 1.807) is 7.11 Å². The van der Waals surface area contributed by atoms with Crippen molar-refractivity contribution < 1.29 is 4.74 Å². The number of thioether (sulfide) groups is 1. The standard InChI is InChI=1S/C16H23N3OS/c1-4-8-17-16(12-21-15-10-18-19(2)11-15)13-6-5-7-14(9-13)20-3/h5-7,9-11,16-17H,4,8,12H2,1-3H3. The minimum atomic E-state index is 0.310. The van der Waals surface area contributed by atoms with Crippen LogP contribution in [0.15, 0.2) is 41.6 Å². The number of hydrogen-bond donors (Lipinski definition) is 1. The van der Waals surface area contributed by atoms with Gasteiger partial charge in [-0.05, 0) is 30.7 Å².